The van der Waals surface area contributed by atoms with E-state index < -0.39 is 25.2 Å². The van der Waals surface area contributed by atoms with Crippen LogP contribution in [0.15, 0.2) is 0 Å². The lowest BCUT2D eigenvalue weighted by molar-refractivity contribution is -0.137. The van der Waals surface area contributed by atoms with Gasteiger partial charge in [-0.1, -0.05) is 48.5 Å². The second kappa shape index (κ2) is 17.1. The van der Waals surface area contributed by atoms with E-state index in [1.807, 2.05) is 34.6 Å². The number of hydrogen-bond donors (Lipinski definition) is 4. The molecular weight excluding hydrogens is 375 g/mol. The fourth-order valence-electron chi connectivity index (χ4n) is 1.48. The van der Waals surface area contributed by atoms with Crippen LogP contribution in [0.5, 0.6) is 0 Å². The molecule has 0 aromatic carbocycles. The lowest BCUT2D eigenvalue weighted by atomic mass is 9.87. The highest BCUT2D eigenvalue weighted by atomic mass is 31.2. The van der Waals surface area contributed by atoms with Crippen molar-refractivity contribution in [2.45, 2.75) is 67.4 Å². The van der Waals surface area contributed by atoms with Crippen molar-refractivity contribution >= 4 is 19.6 Å². The molecule has 0 fully saturated rings. The highest BCUT2D eigenvalue weighted by Crippen LogP contribution is 2.43. The summed E-state index contributed by atoms with van der Waals surface area (Å²) in [5, 5.41) is 15.1. The van der Waals surface area contributed by atoms with E-state index in [2.05, 4.69) is 19.7 Å². The molecule has 0 aliphatic heterocycles. The number of aliphatic hydroxyl groups excluding tert-OH is 1. The fourth-order valence-corrected chi connectivity index (χ4v) is 2.08. The zero-order valence-electron chi connectivity index (χ0n) is 18.0. The first-order valence-corrected chi connectivity index (χ1v) is 10.8. The second-order valence-electron chi connectivity index (χ2n) is 5.71. The molecule has 9 nitrogen and oxygen atoms in total. The number of amides is 2. The summed E-state index contributed by atoms with van der Waals surface area (Å²) in [5.41, 5.74) is -1.12. The monoisotopic (exact) mass is 414 g/mol. The minimum absolute atomic E-state index is 0.0823. The Labute approximate surface area is 163 Å². The standard InChI is InChI=1S/C13H27N2O7P.2C2H6/c1-5-7-14-10(16)6-8-15-12(18)11(17)13(2,3)9-22-23(19,20)21-4;2*1-2/h11,17H,5-9H2,1-4H3,(H,14,16)(H,15,18)(H,19,20);2*1-2H3. The smallest absolute Gasteiger partial charge is 0.383 e. The summed E-state index contributed by atoms with van der Waals surface area (Å²) in [7, 11) is -3.17. The van der Waals surface area contributed by atoms with E-state index >= 15 is 0 Å². The van der Waals surface area contributed by atoms with E-state index in [1.54, 1.807) is 0 Å². The Morgan fingerprint density at radius 1 is 1.11 bits per heavy atom. The Morgan fingerprint density at radius 2 is 1.63 bits per heavy atom. The Hall–Kier alpha value is -0.990. The van der Waals surface area contributed by atoms with E-state index in [-0.39, 0.29) is 25.5 Å². The SMILES string of the molecule is CC.CC.CCCNC(=O)CCNC(=O)C(O)C(C)(C)COP(=O)(O)OC. The van der Waals surface area contributed by atoms with Crippen molar-refractivity contribution in [2.24, 2.45) is 5.41 Å². The average molecular weight is 414 g/mol. The number of carbonyl (C=O) groups excluding carboxylic acids is 2. The van der Waals surface area contributed by atoms with Crippen LogP contribution in [0.25, 0.3) is 0 Å². The van der Waals surface area contributed by atoms with E-state index in [0.29, 0.717) is 6.54 Å². The van der Waals surface area contributed by atoms with E-state index in [1.165, 1.54) is 13.8 Å². The van der Waals surface area contributed by atoms with Gasteiger partial charge < -0.3 is 20.6 Å². The maximum Gasteiger partial charge on any atom is 0.471 e. The van der Waals surface area contributed by atoms with Gasteiger partial charge in [-0.25, -0.2) is 4.57 Å². The second-order valence-corrected chi connectivity index (χ2v) is 7.27. The van der Waals surface area contributed by atoms with Gasteiger partial charge in [-0.15, -0.1) is 0 Å². The topological polar surface area (TPSA) is 134 Å². The normalized spacial score (nSPS) is 13.7. The van der Waals surface area contributed by atoms with Gasteiger partial charge in [0.15, 0.2) is 0 Å². The summed E-state index contributed by atoms with van der Waals surface area (Å²) < 4.78 is 20.2. The minimum atomic E-state index is -4.18. The summed E-state index contributed by atoms with van der Waals surface area (Å²) in [6.07, 6.45) is -0.551. The van der Waals surface area contributed by atoms with Crippen LogP contribution in [0.2, 0.25) is 0 Å². The lowest BCUT2D eigenvalue weighted by Gasteiger charge is -2.29. The maximum absolute atomic E-state index is 11.9. The van der Waals surface area contributed by atoms with Gasteiger partial charge in [-0.2, -0.15) is 0 Å². The summed E-state index contributed by atoms with van der Waals surface area (Å²) >= 11 is 0. The molecule has 0 saturated carbocycles. The van der Waals surface area contributed by atoms with Crippen LogP contribution in [0.4, 0.5) is 0 Å². The first kappa shape index (κ1) is 30.7. The first-order valence-electron chi connectivity index (χ1n) is 9.31. The van der Waals surface area contributed by atoms with E-state index in [9.17, 15) is 19.3 Å². The van der Waals surface area contributed by atoms with Gasteiger partial charge in [0.1, 0.15) is 6.10 Å². The summed E-state index contributed by atoms with van der Waals surface area (Å²) in [6, 6.07) is 0. The molecule has 2 atom stereocenters. The van der Waals surface area contributed by atoms with Gasteiger partial charge >= 0.3 is 7.82 Å². The molecular formula is C17H39N2O7P. The fraction of sp³-hybridized carbons (Fsp3) is 0.882. The molecule has 0 saturated heterocycles. The van der Waals surface area contributed by atoms with Gasteiger partial charge in [0.2, 0.25) is 11.8 Å². The van der Waals surface area contributed by atoms with Crippen molar-refractivity contribution in [1.29, 1.82) is 0 Å². The number of hydrogen-bond acceptors (Lipinski definition) is 6. The van der Waals surface area contributed by atoms with Crippen molar-refractivity contribution in [3.8, 4) is 0 Å². The third kappa shape index (κ3) is 15.7. The molecule has 0 spiro atoms. The Balaban J connectivity index is -0.00000134. The molecule has 0 heterocycles. The number of phosphoric ester groups is 1. The number of aliphatic hydroxyl groups is 1. The number of rotatable bonds is 11. The van der Waals surface area contributed by atoms with Crippen molar-refractivity contribution in [1.82, 2.24) is 10.6 Å². The van der Waals surface area contributed by atoms with Gasteiger partial charge in [-0.3, -0.25) is 18.6 Å². The molecule has 2 unspecified atom stereocenters. The minimum Gasteiger partial charge on any atom is -0.383 e. The molecule has 4 N–H and O–H groups in total. The van der Waals surface area contributed by atoms with Crippen molar-refractivity contribution in [3.63, 3.8) is 0 Å². The zero-order valence-corrected chi connectivity index (χ0v) is 18.9. The van der Waals surface area contributed by atoms with Crippen LogP contribution >= 0.6 is 7.82 Å². The largest absolute Gasteiger partial charge is 0.471 e. The summed E-state index contributed by atoms with van der Waals surface area (Å²) in [4.78, 5) is 32.4. The van der Waals surface area contributed by atoms with Crippen LogP contribution in [-0.2, 0) is 23.2 Å². The van der Waals surface area contributed by atoms with E-state index in [0.717, 1.165) is 13.5 Å². The predicted molar refractivity (Wildman–Crippen MR) is 106 cm³/mol. The molecule has 0 aromatic rings. The molecule has 2 amide bonds. The van der Waals surface area contributed by atoms with Crippen molar-refractivity contribution in [2.75, 3.05) is 26.8 Å². The maximum atomic E-state index is 11.9. The van der Waals surface area contributed by atoms with Crippen LogP contribution < -0.4 is 10.6 Å². The molecule has 0 bridgehead atoms. The van der Waals surface area contributed by atoms with Gasteiger partial charge in [0.05, 0.1) is 6.61 Å². The molecule has 0 rings (SSSR count). The highest BCUT2D eigenvalue weighted by molar-refractivity contribution is 7.47. The summed E-state index contributed by atoms with van der Waals surface area (Å²) in [6.45, 7) is 13.2. The number of nitrogens with one attached hydrogen (secondary N) is 2. The first-order chi connectivity index (χ1) is 12.6. The van der Waals surface area contributed by atoms with Crippen molar-refractivity contribution in [3.05, 3.63) is 0 Å². The predicted octanol–water partition coefficient (Wildman–Crippen LogP) is 2.22. The van der Waals surface area contributed by atoms with E-state index in [4.69, 9.17) is 4.89 Å². The molecule has 0 radical (unpaired) electrons. The van der Waals surface area contributed by atoms with Gasteiger partial charge in [0, 0.05) is 32.0 Å². The third-order valence-corrected chi connectivity index (χ3v) is 3.96. The molecule has 0 aliphatic rings. The lowest BCUT2D eigenvalue weighted by Crippen LogP contribution is -2.46. The summed E-state index contributed by atoms with van der Waals surface area (Å²) in [5.74, 6) is -0.877. The third-order valence-electron chi connectivity index (χ3n) is 3.04. The Morgan fingerprint density at radius 3 is 2.07 bits per heavy atom. The molecule has 164 valence electrons. The molecule has 27 heavy (non-hydrogen) atoms. The van der Waals surface area contributed by atoms with Crippen LogP contribution in [0, 0.1) is 5.41 Å². The average Bonchev–Trinajstić information content (AvgIpc) is 2.67. The van der Waals surface area contributed by atoms with Crippen LogP contribution in [-0.4, -0.2) is 54.7 Å². The zero-order chi connectivity index (χ0) is 22.1. The number of phosphoric acid groups is 1. The van der Waals surface area contributed by atoms with Crippen LogP contribution in [0.3, 0.4) is 0 Å². The van der Waals surface area contributed by atoms with Gasteiger partial charge in [-0.05, 0) is 6.42 Å². The molecule has 10 heteroatoms. The Bertz CT molecular complexity index is 445. The Kier molecular flexibility index (Phi) is 19.5. The molecule has 0 aliphatic carbocycles. The van der Waals surface area contributed by atoms with Crippen molar-refractivity contribution < 1.29 is 33.2 Å². The molecule has 0 aromatic heterocycles. The number of carbonyl (C=O) groups is 2. The quantitative estimate of drug-likeness (QED) is 0.381. The van der Waals surface area contributed by atoms with Crippen LogP contribution in [0.1, 0.15) is 61.3 Å². The highest BCUT2D eigenvalue weighted by Gasteiger charge is 2.36. The van der Waals surface area contributed by atoms with Gasteiger partial charge in [0.25, 0.3) is 0 Å².